The summed E-state index contributed by atoms with van der Waals surface area (Å²) < 4.78 is 41.5. The van der Waals surface area contributed by atoms with Crippen molar-refractivity contribution in [3.63, 3.8) is 0 Å². The van der Waals surface area contributed by atoms with Gasteiger partial charge in [-0.15, -0.1) is 0 Å². The highest BCUT2D eigenvalue weighted by molar-refractivity contribution is 6.76. The molecule has 13 heteroatoms. The van der Waals surface area contributed by atoms with Crippen LogP contribution in [0.15, 0.2) is 31.0 Å². The normalized spacial score (nSPS) is 13.1. The van der Waals surface area contributed by atoms with Gasteiger partial charge < -0.3 is 14.4 Å². The second-order valence-corrected chi connectivity index (χ2v) is 16.5. The van der Waals surface area contributed by atoms with E-state index in [2.05, 4.69) is 61.5 Å². The van der Waals surface area contributed by atoms with Gasteiger partial charge in [0.25, 0.3) is 0 Å². The molecule has 0 saturated carbocycles. The number of halogens is 3. The molecular formula is C24H33F3N6O3Si. The minimum Gasteiger partial charge on any atom is -0.475 e. The van der Waals surface area contributed by atoms with Gasteiger partial charge in [-0.3, -0.25) is 4.68 Å². The second kappa shape index (κ2) is 11.9. The van der Waals surface area contributed by atoms with Gasteiger partial charge in [0, 0.05) is 38.0 Å². The van der Waals surface area contributed by atoms with Gasteiger partial charge in [-0.25, -0.2) is 14.8 Å². The van der Waals surface area contributed by atoms with E-state index in [0.717, 1.165) is 34.9 Å². The number of carboxylic acids is 1. The lowest BCUT2D eigenvalue weighted by Crippen LogP contribution is -2.24. The average molecular weight is 539 g/mol. The van der Waals surface area contributed by atoms with Crippen molar-refractivity contribution in [3.05, 3.63) is 31.0 Å². The maximum absolute atomic E-state index is 10.6. The van der Waals surface area contributed by atoms with E-state index in [1.807, 2.05) is 33.9 Å². The zero-order chi connectivity index (χ0) is 28.0. The number of fused-ring (bicyclic) bond motifs is 1. The molecule has 0 amide bonds. The van der Waals surface area contributed by atoms with Crippen LogP contribution in [0.5, 0.6) is 0 Å². The van der Waals surface area contributed by atoms with Gasteiger partial charge in [-0.1, -0.05) is 40.4 Å². The van der Waals surface area contributed by atoms with Crippen LogP contribution in [0.3, 0.4) is 0 Å². The molecule has 3 heterocycles. The van der Waals surface area contributed by atoms with E-state index >= 15 is 0 Å². The molecule has 0 aromatic carbocycles. The number of hydrogen-bond donors (Lipinski definition) is 1. The SMILES string of the molecule is CC(C)(C)[C@H](CC#N)n1cc(-c2ncnc3c2ccn3COCC[Si](C)(C)C)cn1.O=C(O)C(F)(F)F. The van der Waals surface area contributed by atoms with Gasteiger partial charge in [0.05, 0.1) is 30.4 Å². The topological polar surface area (TPSA) is 119 Å². The number of carbonyl (C=O) groups is 1. The fourth-order valence-corrected chi connectivity index (χ4v) is 4.15. The van der Waals surface area contributed by atoms with Crippen molar-refractivity contribution in [3.8, 4) is 17.3 Å². The average Bonchev–Trinajstić information content (AvgIpc) is 3.40. The van der Waals surface area contributed by atoms with Crippen LogP contribution in [0.25, 0.3) is 22.3 Å². The summed E-state index contributed by atoms with van der Waals surface area (Å²) in [6.07, 6.45) is 2.71. The van der Waals surface area contributed by atoms with Crippen molar-refractivity contribution in [1.82, 2.24) is 24.3 Å². The maximum atomic E-state index is 10.6. The standard InChI is InChI=1S/C22H32N6OSi.C2HF3O2/c1-22(2,3)19(7-9-23)28-14-17(13-26-28)20-18-8-10-27(21(18)25-15-24-20)16-29-11-12-30(4,5)6;3-2(4,5)1(6)7/h8,10,13-15,19H,7,11-12,16H2,1-6H3;(H,6,7)/t19-;/m0./s1. The van der Waals surface area contributed by atoms with Crippen molar-refractivity contribution in [2.45, 2.75) is 71.8 Å². The molecule has 3 aromatic heterocycles. The number of nitriles is 1. The molecule has 3 rings (SSSR count). The van der Waals surface area contributed by atoms with E-state index in [0.29, 0.717) is 13.2 Å². The Morgan fingerprint density at radius 1 is 1.24 bits per heavy atom. The third-order valence-electron chi connectivity index (χ3n) is 5.50. The largest absolute Gasteiger partial charge is 0.490 e. The Bertz CT molecular complexity index is 1240. The van der Waals surface area contributed by atoms with Crippen LogP contribution in [0.1, 0.15) is 33.2 Å². The highest BCUT2D eigenvalue weighted by atomic mass is 28.3. The van der Waals surface area contributed by atoms with E-state index in [1.165, 1.54) is 0 Å². The number of aliphatic carboxylic acids is 1. The van der Waals surface area contributed by atoms with Crippen molar-refractivity contribution < 1.29 is 27.8 Å². The highest BCUT2D eigenvalue weighted by Crippen LogP contribution is 2.34. The number of rotatable bonds is 8. The van der Waals surface area contributed by atoms with Gasteiger partial charge in [0.2, 0.25) is 0 Å². The summed E-state index contributed by atoms with van der Waals surface area (Å²) in [5, 5.41) is 21.9. The predicted molar refractivity (Wildman–Crippen MR) is 135 cm³/mol. The molecule has 0 bridgehead atoms. The molecule has 3 aromatic rings. The maximum Gasteiger partial charge on any atom is 0.490 e. The summed E-state index contributed by atoms with van der Waals surface area (Å²) in [4.78, 5) is 17.9. The predicted octanol–water partition coefficient (Wildman–Crippen LogP) is 5.74. The molecule has 0 fully saturated rings. The highest BCUT2D eigenvalue weighted by Gasteiger charge is 2.38. The van der Waals surface area contributed by atoms with E-state index < -0.39 is 20.2 Å². The summed E-state index contributed by atoms with van der Waals surface area (Å²) in [7, 11) is -1.10. The first-order valence-electron chi connectivity index (χ1n) is 11.6. The van der Waals surface area contributed by atoms with Crippen LogP contribution in [0.4, 0.5) is 13.2 Å². The van der Waals surface area contributed by atoms with Gasteiger partial charge >= 0.3 is 12.1 Å². The summed E-state index contributed by atoms with van der Waals surface area (Å²) >= 11 is 0. The first kappa shape index (κ1) is 30.0. The Morgan fingerprint density at radius 3 is 2.43 bits per heavy atom. The molecule has 0 aliphatic heterocycles. The van der Waals surface area contributed by atoms with E-state index in [1.54, 1.807) is 6.33 Å². The summed E-state index contributed by atoms with van der Waals surface area (Å²) in [5.74, 6) is -2.76. The number of aromatic nitrogens is 5. The fourth-order valence-electron chi connectivity index (χ4n) is 3.39. The lowest BCUT2D eigenvalue weighted by molar-refractivity contribution is -0.192. The Kier molecular flexibility index (Phi) is 9.62. The smallest absolute Gasteiger partial charge is 0.475 e. The first-order valence-corrected chi connectivity index (χ1v) is 15.3. The third-order valence-corrected chi connectivity index (χ3v) is 7.21. The quantitative estimate of drug-likeness (QED) is 0.287. The van der Waals surface area contributed by atoms with Gasteiger partial charge in [0.15, 0.2) is 0 Å². The Hall–Kier alpha value is -3.24. The zero-order valence-corrected chi connectivity index (χ0v) is 22.9. The fraction of sp³-hybridized carbons (Fsp3) is 0.542. The summed E-state index contributed by atoms with van der Waals surface area (Å²) in [6, 6.07) is 5.46. The number of hydrogen-bond acceptors (Lipinski definition) is 6. The minimum absolute atomic E-state index is 0.00190. The van der Waals surface area contributed by atoms with Gasteiger partial charge in [0.1, 0.15) is 18.7 Å². The zero-order valence-electron chi connectivity index (χ0n) is 21.9. The Balaban J connectivity index is 0.000000604. The molecule has 37 heavy (non-hydrogen) atoms. The molecule has 0 spiro atoms. The molecule has 0 aliphatic carbocycles. The van der Waals surface area contributed by atoms with Crippen LogP contribution in [0.2, 0.25) is 25.7 Å². The van der Waals surface area contributed by atoms with Crippen molar-refractivity contribution in [2.24, 2.45) is 5.41 Å². The number of nitrogens with zero attached hydrogens (tertiary/aromatic N) is 6. The van der Waals surface area contributed by atoms with Crippen molar-refractivity contribution >= 4 is 25.1 Å². The molecule has 1 atom stereocenters. The summed E-state index contributed by atoms with van der Waals surface area (Å²) in [5.41, 5.74) is 2.55. The van der Waals surface area contributed by atoms with Gasteiger partial charge in [-0.2, -0.15) is 23.5 Å². The minimum atomic E-state index is -5.08. The molecule has 1 N–H and O–H groups in total. The number of ether oxygens (including phenoxy) is 1. The molecule has 9 nitrogen and oxygen atoms in total. The molecule has 0 radical (unpaired) electrons. The monoisotopic (exact) mass is 538 g/mol. The van der Waals surface area contributed by atoms with Crippen LogP contribution in [-0.4, -0.2) is 56.2 Å². The number of alkyl halides is 3. The molecule has 0 saturated heterocycles. The third kappa shape index (κ3) is 8.68. The Morgan fingerprint density at radius 2 is 1.89 bits per heavy atom. The lowest BCUT2D eigenvalue weighted by Gasteiger charge is -2.28. The van der Waals surface area contributed by atoms with E-state index in [-0.39, 0.29) is 11.5 Å². The molecule has 0 aliphatic rings. The molecular weight excluding hydrogens is 505 g/mol. The Labute approximate surface area is 214 Å². The van der Waals surface area contributed by atoms with Crippen molar-refractivity contribution in [1.29, 1.82) is 5.26 Å². The summed E-state index contributed by atoms with van der Waals surface area (Å²) in [6.45, 7) is 14.7. The van der Waals surface area contributed by atoms with Crippen LogP contribution in [0, 0.1) is 16.7 Å². The molecule has 0 unspecified atom stereocenters. The first-order chi connectivity index (χ1) is 17.0. The van der Waals surface area contributed by atoms with E-state index in [9.17, 15) is 18.4 Å². The number of carboxylic acid groups (broad SMARTS) is 1. The van der Waals surface area contributed by atoms with Crippen LogP contribution >= 0.6 is 0 Å². The lowest BCUT2D eigenvalue weighted by atomic mass is 9.85. The van der Waals surface area contributed by atoms with Gasteiger partial charge in [-0.05, 0) is 17.5 Å². The van der Waals surface area contributed by atoms with Crippen LogP contribution in [-0.2, 0) is 16.3 Å². The van der Waals surface area contributed by atoms with Crippen molar-refractivity contribution in [2.75, 3.05) is 6.61 Å². The second-order valence-electron chi connectivity index (χ2n) is 10.8. The van der Waals surface area contributed by atoms with E-state index in [4.69, 9.17) is 14.6 Å². The van der Waals surface area contributed by atoms with Crippen LogP contribution < -0.4 is 0 Å². The molecule has 202 valence electrons.